The Labute approximate surface area is 213 Å². The van der Waals surface area contributed by atoms with Crippen LogP contribution in [0.15, 0.2) is 54.6 Å². The number of cyclic esters (lactones) is 1. The summed E-state index contributed by atoms with van der Waals surface area (Å²) < 4.78 is 28.6. The highest BCUT2D eigenvalue weighted by Gasteiger charge is 2.35. The zero-order valence-corrected chi connectivity index (χ0v) is 21.7. The van der Waals surface area contributed by atoms with Gasteiger partial charge in [-0.2, -0.15) is 0 Å². The molecule has 2 aromatic carbocycles. The Balaban J connectivity index is 1.79. The Morgan fingerprint density at radius 1 is 1.06 bits per heavy atom. The van der Waals surface area contributed by atoms with Crippen LogP contribution < -0.4 is 14.8 Å². The van der Waals surface area contributed by atoms with Gasteiger partial charge in [-0.15, -0.1) is 0 Å². The zero-order valence-electron chi connectivity index (χ0n) is 21.7. The molecule has 3 rings (SSSR count). The molecule has 0 aliphatic carbocycles. The molecule has 0 aromatic heterocycles. The van der Waals surface area contributed by atoms with Gasteiger partial charge < -0.3 is 29.0 Å². The van der Waals surface area contributed by atoms with Crippen molar-refractivity contribution in [3.8, 4) is 11.5 Å². The zero-order chi connectivity index (χ0) is 26.1. The van der Waals surface area contributed by atoms with Crippen molar-refractivity contribution in [3.05, 3.63) is 60.2 Å². The molecular weight excluding hydrogens is 462 g/mol. The van der Waals surface area contributed by atoms with E-state index in [-0.39, 0.29) is 12.5 Å². The number of methoxy groups -OCH3 is 1. The molecule has 2 aromatic rings. The Bertz CT molecular complexity index is 972. The fourth-order valence-corrected chi connectivity index (χ4v) is 4.07. The maximum absolute atomic E-state index is 13.0. The van der Waals surface area contributed by atoms with Crippen LogP contribution in [0.5, 0.6) is 11.5 Å². The molecule has 0 bridgehead atoms. The van der Waals surface area contributed by atoms with Gasteiger partial charge in [0, 0.05) is 12.5 Å². The summed E-state index contributed by atoms with van der Waals surface area (Å²) in [7, 11) is 1.64. The Morgan fingerprint density at radius 3 is 2.39 bits per heavy atom. The number of hydrogen-bond donors (Lipinski definition) is 1. The quantitative estimate of drug-likeness (QED) is 0.583. The van der Waals surface area contributed by atoms with Crippen molar-refractivity contribution in [3.63, 3.8) is 0 Å². The number of nitrogens with one attached hydrogen (secondary N) is 1. The van der Waals surface area contributed by atoms with Crippen molar-refractivity contribution < 1.29 is 33.3 Å². The highest BCUT2D eigenvalue weighted by atomic mass is 16.6. The lowest BCUT2D eigenvalue weighted by Crippen LogP contribution is -2.50. The second kappa shape index (κ2) is 12.6. The maximum Gasteiger partial charge on any atom is 0.408 e. The number of benzene rings is 2. The molecule has 0 saturated carbocycles. The van der Waals surface area contributed by atoms with Crippen LogP contribution in [-0.4, -0.2) is 56.2 Å². The van der Waals surface area contributed by atoms with Crippen molar-refractivity contribution >= 4 is 12.1 Å². The standard InChI is InChI=1S/C28H37NO7/c1-19-25(35-23-9-7-6-8-10-23)21(17-20-11-13-22(32-5)14-12-20)15-16-33-18-24(26(30)34-19)29-27(31)36-28(2,3)4/h6-14,19,21,24-25H,15-18H2,1-5H3,(H,29,31)/t19-,21+,24-,25-/m0/s1. The predicted octanol–water partition coefficient (Wildman–Crippen LogP) is 4.55. The minimum atomic E-state index is -0.988. The molecule has 1 aliphatic heterocycles. The molecule has 1 fully saturated rings. The number of ether oxygens (including phenoxy) is 5. The first-order valence-corrected chi connectivity index (χ1v) is 12.3. The molecule has 1 N–H and O–H groups in total. The molecule has 1 aliphatic rings. The summed E-state index contributed by atoms with van der Waals surface area (Å²) in [6.45, 7) is 7.47. The first kappa shape index (κ1) is 27.3. The van der Waals surface area contributed by atoms with Crippen molar-refractivity contribution in [1.82, 2.24) is 5.32 Å². The van der Waals surface area contributed by atoms with Gasteiger partial charge in [-0.25, -0.2) is 9.59 Å². The summed E-state index contributed by atoms with van der Waals surface area (Å²) in [4.78, 5) is 25.3. The van der Waals surface area contributed by atoms with Gasteiger partial charge in [-0.3, -0.25) is 0 Å². The highest BCUT2D eigenvalue weighted by Crippen LogP contribution is 2.27. The molecule has 4 atom stereocenters. The van der Waals surface area contributed by atoms with Gasteiger partial charge in [0.2, 0.25) is 0 Å². The highest BCUT2D eigenvalue weighted by molar-refractivity contribution is 5.81. The number of para-hydroxylation sites is 1. The summed E-state index contributed by atoms with van der Waals surface area (Å²) in [5.41, 5.74) is 0.420. The van der Waals surface area contributed by atoms with E-state index in [2.05, 4.69) is 5.32 Å². The number of esters is 1. The van der Waals surface area contributed by atoms with Crippen LogP contribution in [0, 0.1) is 5.92 Å². The summed E-state index contributed by atoms with van der Waals surface area (Å²) in [5, 5.41) is 2.57. The minimum absolute atomic E-state index is 0.00299. The largest absolute Gasteiger partial charge is 0.497 e. The minimum Gasteiger partial charge on any atom is -0.497 e. The van der Waals surface area contributed by atoms with Gasteiger partial charge >= 0.3 is 12.1 Å². The van der Waals surface area contributed by atoms with E-state index < -0.39 is 35.9 Å². The normalized spacial score (nSPS) is 23.2. The monoisotopic (exact) mass is 499 g/mol. The number of alkyl carbamates (subject to hydrolysis) is 1. The van der Waals surface area contributed by atoms with Crippen LogP contribution in [0.3, 0.4) is 0 Å². The van der Waals surface area contributed by atoms with E-state index in [1.54, 1.807) is 27.9 Å². The van der Waals surface area contributed by atoms with Gasteiger partial charge in [0.1, 0.15) is 29.3 Å². The summed E-state index contributed by atoms with van der Waals surface area (Å²) in [6, 6.07) is 16.4. The molecule has 0 unspecified atom stereocenters. The second-order valence-electron chi connectivity index (χ2n) is 9.91. The van der Waals surface area contributed by atoms with Crippen LogP contribution in [-0.2, 0) is 25.4 Å². The number of carbonyl (C=O) groups excluding carboxylic acids is 2. The molecule has 36 heavy (non-hydrogen) atoms. The fraction of sp³-hybridized carbons (Fsp3) is 0.500. The molecule has 0 spiro atoms. The molecule has 196 valence electrons. The van der Waals surface area contributed by atoms with Crippen molar-refractivity contribution in [1.29, 1.82) is 0 Å². The lowest BCUT2D eigenvalue weighted by atomic mass is 9.88. The average molecular weight is 500 g/mol. The molecule has 8 nitrogen and oxygen atoms in total. The van der Waals surface area contributed by atoms with Gasteiger partial charge in [0.15, 0.2) is 6.04 Å². The number of rotatable bonds is 6. The lowest BCUT2D eigenvalue weighted by Gasteiger charge is -2.34. The molecule has 8 heteroatoms. The summed E-state index contributed by atoms with van der Waals surface area (Å²) in [5.74, 6) is 0.874. The number of hydrogen-bond acceptors (Lipinski definition) is 7. The van der Waals surface area contributed by atoms with E-state index >= 15 is 0 Å². The van der Waals surface area contributed by atoms with E-state index in [9.17, 15) is 9.59 Å². The van der Waals surface area contributed by atoms with Crippen LogP contribution in [0.4, 0.5) is 4.79 Å². The van der Waals surface area contributed by atoms with Gasteiger partial charge in [0.05, 0.1) is 13.7 Å². The Hall–Kier alpha value is -3.26. The van der Waals surface area contributed by atoms with Crippen molar-refractivity contribution in [2.45, 2.75) is 64.4 Å². The number of amides is 1. The van der Waals surface area contributed by atoms with E-state index in [1.807, 2.05) is 61.5 Å². The Kier molecular flexibility index (Phi) is 9.58. The first-order valence-electron chi connectivity index (χ1n) is 12.3. The average Bonchev–Trinajstić information content (AvgIpc) is 2.83. The van der Waals surface area contributed by atoms with Gasteiger partial charge in [-0.1, -0.05) is 30.3 Å². The second-order valence-corrected chi connectivity index (χ2v) is 9.91. The van der Waals surface area contributed by atoms with Crippen LogP contribution in [0.1, 0.15) is 39.7 Å². The molecular formula is C28H37NO7. The van der Waals surface area contributed by atoms with E-state index in [0.29, 0.717) is 25.2 Å². The van der Waals surface area contributed by atoms with E-state index in [1.165, 1.54) is 0 Å². The lowest BCUT2D eigenvalue weighted by molar-refractivity contribution is -0.160. The van der Waals surface area contributed by atoms with Crippen LogP contribution in [0.25, 0.3) is 0 Å². The maximum atomic E-state index is 13.0. The third kappa shape index (κ3) is 8.45. The number of carbonyl (C=O) groups is 2. The van der Waals surface area contributed by atoms with Gasteiger partial charge in [0.25, 0.3) is 0 Å². The van der Waals surface area contributed by atoms with Crippen LogP contribution in [0.2, 0.25) is 0 Å². The van der Waals surface area contributed by atoms with E-state index in [0.717, 1.165) is 11.3 Å². The fourth-order valence-electron chi connectivity index (χ4n) is 4.07. The molecule has 1 saturated heterocycles. The van der Waals surface area contributed by atoms with Crippen molar-refractivity contribution in [2.75, 3.05) is 20.3 Å². The van der Waals surface area contributed by atoms with Crippen molar-refractivity contribution in [2.24, 2.45) is 5.92 Å². The topological polar surface area (TPSA) is 92.3 Å². The predicted molar refractivity (Wildman–Crippen MR) is 135 cm³/mol. The summed E-state index contributed by atoms with van der Waals surface area (Å²) >= 11 is 0. The molecule has 1 heterocycles. The smallest absolute Gasteiger partial charge is 0.408 e. The van der Waals surface area contributed by atoms with Gasteiger partial charge in [-0.05, 0) is 70.4 Å². The van der Waals surface area contributed by atoms with E-state index in [4.69, 9.17) is 23.7 Å². The SMILES string of the molecule is COc1ccc(C[C@H]2CCOC[C@H](NC(=O)OC(C)(C)C)C(=O)O[C@@H](C)[C@@H]2Oc2ccccc2)cc1. The van der Waals surface area contributed by atoms with Crippen LogP contribution >= 0.6 is 0 Å². The molecule has 0 radical (unpaired) electrons. The third-order valence-electron chi connectivity index (χ3n) is 5.79. The molecule has 1 amide bonds. The Morgan fingerprint density at radius 2 is 1.75 bits per heavy atom. The first-order chi connectivity index (χ1) is 17.1. The third-order valence-corrected chi connectivity index (χ3v) is 5.79. The summed E-state index contributed by atoms with van der Waals surface area (Å²) in [6.07, 6.45) is -0.353.